The highest BCUT2D eigenvalue weighted by atomic mass is 16.3. The zero-order chi connectivity index (χ0) is 10.1. The van der Waals surface area contributed by atoms with Crippen molar-refractivity contribution in [1.29, 1.82) is 0 Å². The summed E-state index contributed by atoms with van der Waals surface area (Å²) in [5, 5.41) is 9.74. The molecule has 14 heavy (non-hydrogen) atoms. The van der Waals surface area contributed by atoms with Gasteiger partial charge in [-0.3, -0.25) is 9.78 Å². The molecule has 4 nitrogen and oxygen atoms in total. The number of aliphatic hydroxyl groups excluding tert-OH is 1. The minimum Gasteiger partial charge on any atom is -0.390 e. The summed E-state index contributed by atoms with van der Waals surface area (Å²) in [4.78, 5) is 18.0. The molecule has 0 unspecified atom stereocenters. The van der Waals surface area contributed by atoms with Gasteiger partial charge in [-0.15, -0.1) is 0 Å². The Morgan fingerprint density at radius 3 is 3.00 bits per heavy atom. The molecule has 2 rings (SSSR count). The number of aliphatic hydroxyl groups is 1. The third-order valence-corrected chi connectivity index (χ3v) is 2.13. The molecule has 2 heterocycles. The van der Waals surface area contributed by atoms with Gasteiger partial charge in [0.2, 0.25) is 0 Å². The average molecular weight is 190 g/mol. The van der Waals surface area contributed by atoms with Crippen LogP contribution < -0.4 is 5.56 Å². The molecule has 0 bridgehead atoms. The molecule has 0 aliphatic heterocycles. The summed E-state index contributed by atoms with van der Waals surface area (Å²) in [6.45, 7) is 1.63. The second-order valence-electron chi connectivity index (χ2n) is 3.20. The highest BCUT2D eigenvalue weighted by molar-refractivity contribution is 5.78. The Bertz CT molecular complexity index is 531. The van der Waals surface area contributed by atoms with E-state index in [4.69, 9.17) is 5.11 Å². The van der Waals surface area contributed by atoms with E-state index >= 15 is 0 Å². The number of pyridine rings is 2. The number of aryl methyl sites for hydroxylation is 1. The smallest absolute Gasteiger partial charge is 0.251 e. The largest absolute Gasteiger partial charge is 0.390 e. The van der Waals surface area contributed by atoms with E-state index in [1.54, 1.807) is 25.3 Å². The Hall–Kier alpha value is -1.68. The van der Waals surface area contributed by atoms with Crippen LogP contribution in [0.5, 0.6) is 0 Å². The zero-order valence-corrected chi connectivity index (χ0v) is 7.74. The Balaban J connectivity index is 2.77. The average Bonchev–Trinajstić information content (AvgIpc) is 2.19. The first-order chi connectivity index (χ1) is 6.70. The Labute approximate surface area is 80.2 Å². The van der Waals surface area contributed by atoms with Gasteiger partial charge in [-0.2, -0.15) is 0 Å². The molecule has 2 N–H and O–H groups in total. The van der Waals surface area contributed by atoms with E-state index in [-0.39, 0.29) is 12.2 Å². The van der Waals surface area contributed by atoms with E-state index in [9.17, 15) is 4.79 Å². The van der Waals surface area contributed by atoms with Crippen molar-refractivity contribution in [2.45, 2.75) is 13.5 Å². The molecule has 72 valence electrons. The van der Waals surface area contributed by atoms with E-state index in [0.29, 0.717) is 16.8 Å². The van der Waals surface area contributed by atoms with Gasteiger partial charge in [-0.1, -0.05) is 0 Å². The second-order valence-corrected chi connectivity index (χ2v) is 3.20. The van der Waals surface area contributed by atoms with E-state index < -0.39 is 0 Å². The van der Waals surface area contributed by atoms with E-state index in [0.717, 1.165) is 5.39 Å². The van der Waals surface area contributed by atoms with Gasteiger partial charge in [0.05, 0.1) is 17.8 Å². The highest BCUT2D eigenvalue weighted by Gasteiger charge is 2.00. The lowest BCUT2D eigenvalue weighted by molar-refractivity contribution is 0.277. The number of hydrogen-bond donors (Lipinski definition) is 2. The number of nitrogens with one attached hydrogen (secondary N) is 1. The monoisotopic (exact) mass is 190 g/mol. The molecule has 0 radical (unpaired) electrons. The lowest BCUT2D eigenvalue weighted by Gasteiger charge is -2.00. The molecule has 0 saturated carbocycles. The summed E-state index contributed by atoms with van der Waals surface area (Å²) >= 11 is 0. The molecule has 0 fully saturated rings. The van der Waals surface area contributed by atoms with Crippen molar-refractivity contribution in [3.05, 3.63) is 39.9 Å². The molecule has 0 aliphatic rings. The van der Waals surface area contributed by atoms with Crippen molar-refractivity contribution in [3.8, 4) is 0 Å². The van der Waals surface area contributed by atoms with Gasteiger partial charge in [0.15, 0.2) is 0 Å². The van der Waals surface area contributed by atoms with Crippen molar-refractivity contribution < 1.29 is 5.11 Å². The predicted molar refractivity (Wildman–Crippen MR) is 53.0 cm³/mol. The lowest BCUT2D eigenvalue weighted by atomic mass is 10.2. The van der Waals surface area contributed by atoms with Crippen LogP contribution in [0.15, 0.2) is 23.1 Å². The Morgan fingerprint density at radius 1 is 1.50 bits per heavy atom. The van der Waals surface area contributed by atoms with Crippen LogP contribution in [-0.4, -0.2) is 15.1 Å². The molecule has 4 heteroatoms. The van der Waals surface area contributed by atoms with Gasteiger partial charge < -0.3 is 10.1 Å². The number of nitrogens with zero attached hydrogens (tertiary/aromatic N) is 1. The summed E-state index contributed by atoms with van der Waals surface area (Å²) < 4.78 is 0. The number of fused-ring (bicyclic) bond motifs is 1. The summed E-state index contributed by atoms with van der Waals surface area (Å²) in [6, 6.07) is 3.46. The van der Waals surface area contributed by atoms with E-state index in [1.165, 1.54) is 0 Å². The normalized spacial score (nSPS) is 10.7. The third kappa shape index (κ3) is 1.40. The molecule has 0 spiro atoms. The fraction of sp³-hybridized carbons (Fsp3) is 0.200. The molecule has 0 atom stereocenters. The minimum atomic E-state index is -0.119. The van der Waals surface area contributed by atoms with Crippen LogP contribution in [-0.2, 0) is 6.61 Å². The summed E-state index contributed by atoms with van der Waals surface area (Å²) in [6.07, 6.45) is 1.64. The van der Waals surface area contributed by atoms with Crippen molar-refractivity contribution >= 4 is 10.9 Å². The number of H-pyrrole nitrogens is 1. The van der Waals surface area contributed by atoms with Crippen LogP contribution in [0.25, 0.3) is 10.9 Å². The van der Waals surface area contributed by atoms with Gasteiger partial charge in [0.25, 0.3) is 5.56 Å². The van der Waals surface area contributed by atoms with Gasteiger partial charge in [-0.05, 0) is 19.1 Å². The predicted octanol–water partition coefficient (Wildman–Crippen LogP) is 0.724. The lowest BCUT2D eigenvalue weighted by Crippen LogP contribution is -2.08. The molecule has 0 aliphatic carbocycles. The summed E-state index contributed by atoms with van der Waals surface area (Å²) in [5.74, 6) is 0. The van der Waals surface area contributed by atoms with E-state index in [1.807, 2.05) is 0 Å². The van der Waals surface area contributed by atoms with Crippen LogP contribution in [0.2, 0.25) is 0 Å². The topological polar surface area (TPSA) is 66.0 Å². The minimum absolute atomic E-state index is 0.104. The number of aromatic amines is 1. The van der Waals surface area contributed by atoms with Gasteiger partial charge in [0.1, 0.15) is 0 Å². The quantitative estimate of drug-likeness (QED) is 0.696. The van der Waals surface area contributed by atoms with Crippen LogP contribution in [0.4, 0.5) is 0 Å². The van der Waals surface area contributed by atoms with Crippen LogP contribution in [0.1, 0.15) is 11.3 Å². The fourth-order valence-electron chi connectivity index (χ4n) is 1.34. The molecular formula is C10H10N2O2. The highest BCUT2D eigenvalue weighted by Crippen LogP contribution is 2.10. The Morgan fingerprint density at radius 2 is 2.29 bits per heavy atom. The second kappa shape index (κ2) is 3.23. The number of aromatic nitrogens is 2. The SMILES string of the molecule is Cc1cc2cnc(CO)cc2[nH]c1=O. The first kappa shape index (κ1) is 8.90. The Kier molecular flexibility index (Phi) is 2.05. The van der Waals surface area contributed by atoms with Crippen molar-refractivity contribution in [2.75, 3.05) is 0 Å². The fourth-order valence-corrected chi connectivity index (χ4v) is 1.34. The van der Waals surface area contributed by atoms with Crippen molar-refractivity contribution in [1.82, 2.24) is 9.97 Å². The first-order valence-corrected chi connectivity index (χ1v) is 4.30. The number of rotatable bonds is 1. The van der Waals surface area contributed by atoms with Gasteiger partial charge in [-0.25, -0.2) is 0 Å². The third-order valence-electron chi connectivity index (χ3n) is 2.13. The van der Waals surface area contributed by atoms with Crippen LogP contribution >= 0.6 is 0 Å². The molecule has 2 aromatic rings. The van der Waals surface area contributed by atoms with E-state index in [2.05, 4.69) is 9.97 Å². The molecule has 0 amide bonds. The molecule has 0 saturated heterocycles. The molecular weight excluding hydrogens is 180 g/mol. The van der Waals surface area contributed by atoms with Crippen LogP contribution in [0, 0.1) is 6.92 Å². The molecule has 0 aromatic carbocycles. The van der Waals surface area contributed by atoms with Crippen molar-refractivity contribution in [3.63, 3.8) is 0 Å². The van der Waals surface area contributed by atoms with Crippen molar-refractivity contribution in [2.24, 2.45) is 0 Å². The maximum absolute atomic E-state index is 11.3. The van der Waals surface area contributed by atoms with Gasteiger partial charge >= 0.3 is 0 Å². The summed E-state index contributed by atoms with van der Waals surface area (Å²) in [7, 11) is 0. The molecule has 2 aromatic heterocycles. The standard InChI is InChI=1S/C10H10N2O2/c1-6-2-7-4-11-8(5-13)3-9(7)12-10(6)14/h2-4,13H,5H2,1H3,(H,12,14). The first-order valence-electron chi connectivity index (χ1n) is 4.30. The summed E-state index contributed by atoms with van der Waals surface area (Å²) in [5.41, 5.74) is 1.82. The number of hydrogen-bond acceptors (Lipinski definition) is 3. The van der Waals surface area contributed by atoms with Gasteiger partial charge in [0, 0.05) is 17.1 Å². The van der Waals surface area contributed by atoms with Crippen LogP contribution in [0.3, 0.4) is 0 Å². The zero-order valence-electron chi connectivity index (χ0n) is 7.74. The maximum atomic E-state index is 11.3. The maximum Gasteiger partial charge on any atom is 0.251 e.